The third kappa shape index (κ3) is 8.05. The van der Waals surface area contributed by atoms with Gasteiger partial charge in [0.15, 0.2) is 11.5 Å². The Hall–Kier alpha value is -3.14. The molecule has 33 heavy (non-hydrogen) atoms. The van der Waals surface area contributed by atoms with Crippen molar-refractivity contribution >= 4 is 49.1 Å². The standard InChI is InChI=1S/C18H23N7O6S2/c1-32(26,27)30-9-7-25(8-10-31-33(2,28)29)15-5-3-14(4-6-15)11-23-24-18-16-17(20-12-19-16)21-13-22-18/h3-6,11-13H,7-10H2,1-2H3,(H2,19,20,21,22,24)/b23-11+. The van der Waals surface area contributed by atoms with Gasteiger partial charge < -0.3 is 9.88 Å². The average Bonchev–Trinajstić information content (AvgIpc) is 3.21. The number of fused-ring (bicyclic) bond motifs is 1. The Morgan fingerprint density at radius 2 is 1.64 bits per heavy atom. The predicted octanol–water partition coefficient (Wildman–Crippen LogP) is 0.558. The van der Waals surface area contributed by atoms with Crippen LogP contribution >= 0.6 is 0 Å². The normalized spacial score (nSPS) is 12.4. The summed E-state index contributed by atoms with van der Waals surface area (Å²) in [6.45, 7) is 0.240. The van der Waals surface area contributed by atoms with Crippen molar-refractivity contribution in [3.05, 3.63) is 42.5 Å². The molecule has 0 amide bonds. The molecule has 0 saturated carbocycles. The lowest BCUT2D eigenvalue weighted by atomic mass is 10.2. The number of aromatic nitrogens is 4. The second kappa shape index (κ2) is 10.7. The van der Waals surface area contributed by atoms with Crippen molar-refractivity contribution < 1.29 is 25.2 Å². The minimum Gasteiger partial charge on any atom is -0.367 e. The molecule has 0 atom stereocenters. The lowest BCUT2D eigenvalue weighted by Crippen LogP contribution is -2.32. The molecular weight excluding hydrogens is 474 g/mol. The number of aromatic amines is 1. The third-order valence-electron chi connectivity index (χ3n) is 4.18. The van der Waals surface area contributed by atoms with Crippen molar-refractivity contribution in [3.63, 3.8) is 0 Å². The van der Waals surface area contributed by atoms with Crippen molar-refractivity contribution in [1.82, 2.24) is 19.9 Å². The molecule has 0 bridgehead atoms. The first kappa shape index (κ1) is 24.5. The molecule has 3 aromatic rings. The van der Waals surface area contributed by atoms with E-state index >= 15 is 0 Å². The maximum Gasteiger partial charge on any atom is 0.264 e. The van der Waals surface area contributed by atoms with E-state index in [-0.39, 0.29) is 26.3 Å². The van der Waals surface area contributed by atoms with Crippen LogP contribution in [0, 0.1) is 0 Å². The topological polar surface area (TPSA) is 169 Å². The highest BCUT2D eigenvalue weighted by molar-refractivity contribution is 7.86. The van der Waals surface area contributed by atoms with Gasteiger partial charge in [-0.05, 0) is 17.7 Å². The molecule has 0 saturated heterocycles. The molecule has 3 rings (SSSR count). The monoisotopic (exact) mass is 497 g/mol. The van der Waals surface area contributed by atoms with Crippen LogP contribution in [0.4, 0.5) is 11.5 Å². The average molecular weight is 498 g/mol. The molecule has 178 valence electrons. The van der Waals surface area contributed by atoms with Crippen molar-refractivity contribution in [2.75, 3.05) is 49.1 Å². The number of nitrogens with one attached hydrogen (secondary N) is 2. The Labute approximate surface area is 191 Å². The van der Waals surface area contributed by atoms with Gasteiger partial charge in [0.2, 0.25) is 0 Å². The first-order chi connectivity index (χ1) is 15.6. The number of hydrogen-bond acceptors (Lipinski definition) is 12. The van der Waals surface area contributed by atoms with Crippen LogP contribution in [0.2, 0.25) is 0 Å². The SMILES string of the molecule is CS(=O)(=O)OCCN(CCOS(C)(=O)=O)c1ccc(/C=N/Nc2ncnc3nc[nH]c23)cc1. The number of anilines is 2. The molecule has 0 radical (unpaired) electrons. The molecule has 0 aliphatic rings. The number of rotatable bonds is 12. The molecular formula is C18H23N7O6S2. The number of benzene rings is 1. The summed E-state index contributed by atoms with van der Waals surface area (Å²) >= 11 is 0. The Balaban J connectivity index is 1.64. The fourth-order valence-electron chi connectivity index (χ4n) is 2.76. The molecule has 0 aliphatic heterocycles. The number of nitrogens with zero attached hydrogens (tertiary/aromatic N) is 5. The molecule has 13 nitrogen and oxygen atoms in total. The molecule has 0 unspecified atom stereocenters. The minimum absolute atomic E-state index is 0.0914. The van der Waals surface area contributed by atoms with E-state index in [0.717, 1.165) is 23.8 Å². The van der Waals surface area contributed by atoms with Gasteiger partial charge in [0.25, 0.3) is 20.2 Å². The van der Waals surface area contributed by atoms with Gasteiger partial charge in [0.05, 0.1) is 38.3 Å². The van der Waals surface area contributed by atoms with E-state index in [4.69, 9.17) is 8.37 Å². The number of hydrogen-bond donors (Lipinski definition) is 2. The van der Waals surface area contributed by atoms with E-state index in [1.54, 1.807) is 35.4 Å². The molecule has 2 N–H and O–H groups in total. The summed E-state index contributed by atoms with van der Waals surface area (Å²) in [6.07, 6.45) is 6.42. The zero-order valence-corrected chi connectivity index (χ0v) is 19.5. The number of H-pyrrole nitrogens is 1. The zero-order valence-electron chi connectivity index (χ0n) is 17.9. The van der Waals surface area contributed by atoms with Crippen LogP contribution in [0.5, 0.6) is 0 Å². The van der Waals surface area contributed by atoms with Gasteiger partial charge in [0.1, 0.15) is 11.8 Å². The summed E-state index contributed by atoms with van der Waals surface area (Å²) in [4.78, 5) is 16.9. The number of hydrazone groups is 1. The molecule has 0 spiro atoms. The fourth-order valence-corrected chi connectivity index (χ4v) is 3.51. The third-order valence-corrected chi connectivity index (χ3v) is 5.37. The molecule has 0 aliphatic carbocycles. The fraction of sp³-hybridized carbons (Fsp3) is 0.333. The van der Waals surface area contributed by atoms with Crippen LogP contribution in [0.15, 0.2) is 42.0 Å². The Bertz CT molecular complexity index is 1270. The van der Waals surface area contributed by atoms with Crippen LogP contribution in [-0.4, -0.2) is 81.8 Å². The maximum atomic E-state index is 11.2. The lowest BCUT2D eigenvalue weighted by Gasteiger charge is -2.24. The summed E-state index contributed by atoms with van der Waals surface area (Å²) in [5.41, 5.74) is 5.49. The van der Waals surface area contributed by atoms with Crippen molar-refractivity contribution in [3.8, 4) is 0 Å². The van der Waals surface area contributed by atoms with Crippen molar-refractivity contribution in [2.45, 2.75) is 0 Å². The van der Waals surface area contributed by atoms with Crippen LogP contribution in [0.3, 0.4) is 0 Å². The van der Waals surface area contributed by atoms with Crippen LogP contribution < -0.4 is 10.3 Å². The van der Waals surface area contributed by atoms with E-state index in [2.05, 4.69) is 30.5 Å². The molecule has 2 heterocycles. The summed E-state index contributed by atoms with van der Waals surface area (Å²) in [7, 11) is -7.18. The largest absolute Gasteiger partial charge is 0.367 e. The highest BCUT2D eigenvalue weighted by atomic mass is 32.2. The molecule has 0 fully saturated rings. The van der Waals surface area contributed by atoms with Crippen LogP contribution in [-0.2, 0) is 28.6 Å². The Morgan fingerprint density at radius 3 is 2.24 bits per heavy atom. The quantitative estimate of drug-likeness (QED) is 0.204. The summed E-state index contributed by atoms with van der Waals surface area (Å²) < 4.78 is 54.5. The van der Waals surface area contributed by atoms with E-state index < -0.39 is 20.2 Å². The van der Waals surface area contributed by atoms with Gasteiger partial charge >= 0.3 is 0 Å². The van der Waals surface area contributed by atoms with Gasteiger partial charge in [-0.25, -0.2) is 15.0 Å². The van der Waals surface area contributed by atoms with Crippen LogP contribution in [0.1, 0.15) is 5.56 Å². The smallest absolute Gasteiger partial charge is 0.264 e. The minimum atomic E-state index is -3.59. The molecule has 15 heteroatoms. The maximum absolute atomic E-state index is 11.2. The van der Waals surface area contributed by atoms with E-state index in [0.29, 0.717) is 17.0 Å². The van der Waals surface area contributed by atoms with Gasteiger partial charge in [-0.1, -0.05) is 12.1 Å². The highest BCUT2D eigenvalue weighted by Crippen LogP contribution is 2.16. The first-order valence-corrected chi connectivity index (χ1v) is 13.2. The van der Waals surface area contributed by atoms with Crippen molar-refractivity contribution in [2.24, 2.45) is 5.10 Å². The van der Waals surface area contributed by atoms with Gasteiger partial charge in [-0.2, -0.15) is 21.9 Å². The summed E-state index contributed by atoms with van der Waals surface area (Å²) in [5, 5.41) is 4.17. The van der Waals surface area contributed by atoms with E-state index in [1.165, 1.54) is 12.7 Å². The number of imidazole rings is 1. The first-order valence-electron chi connectivity index (χ1n) is 9.58. The van der Waals surface area contributed by atoms with Crippen molar-refractivity contribution in [1.29, 1.82) is 0 Å². The lowest BCUT2D eigenvalue weighted by molar-refractivity contribution is 0.309. The highest BCUT2D eigenvalue weighted by Gasteiger charge is 2.11. The second-order valence-corrected chi connectivity index (χ2v) is 10.1. The van der Waals surface area contributed by atoms with Crippen LogP contribution in [0.25, 0.3) is 11.2 Å². The molecule has 1 aromatic carbocycles. The molecule has 2 aromatic heterocycles. The van der Waals surface area contributed by atoms with E-state index in [1.807, 2.05) is 0 Å². The second-order valence-electron chi connectivity index (χ2n) is 6.82. The van der Waals surface area contributed by atoms with Gasteiger partial charge in [-0.3, -0.25) is 13.8 Å². The Morgan fingerprint density at radius 1 is 1.00 bits per heavy atom. The van der Waals surface area contributed by atoms with Gasteiger partial charge in [-0.15, -0.1) is 0 Å². The predicted molar refractivity (Wildman–Crippen MR) is 123 cm³/mol. The van der Waals surface area contributed by atoms with Gasteiger partial charge in [0, 0.05) is 18.8 Å². The van der Waals surface area contributed by atoms with E-state index in [9.17, 15) is 16.8 Å². The summed E-state index contributed by atoms with van der Waals surface area (Å²) in [5.74, 6) is 0.480. The zero-order chi connectivity index (χ0) is 23.9. The summed E-state index contributed by atoms with van der Waals surface area (Å²) in [6, 6.07) is 7.18. The Kier molecular flexibility index (Phi) is 7.91.